The van der Waals surface area contributed by atoms with Crippen molar-refractivity contribution >= 4 is 21.8 Å². The van der Waals surface area contributed by atoms with Gasteiger partial charge >= 0.3 is 0 Å². The Bertz CT molecular complexity index is 381. The van der Waals surface area contributed by atoms with Crippen LogP contribution in [0, 0.1) is 12.3 Å². The van der Waals surface area contributed by atoms with E-state index in [-0.39, 0.29) is 5.91 Å². The van der Waals surface area contributed by atoms with E-state index in [1.165, 1.54) is 0 Å². The third-order valence-corrected chi connectivity index (χ3v) is 2.34. The van der Waals surface area contributed by atoms with Crippen LogP contribution in [0.5, 0.6) is 0 Å². The van der Waals surface area contributed by atoms with Gasteiger partial charge in [-0.15, -0.1) is 12.3 Å². The van der Waals surface area contributed by atoms with E-state index in [0.29, 0.717) is 19.4 Å². The van der Waals surface area contributed by atoms with Crippen LogP contribution < -0.4 is 5.32 Å². The van der Waals surface area contributed by atoms with E-state index in [4.69, 9.17) is 6.42 Å². The molecule has 1 aromatic carbocycles. The summed E-state index contributed by atoms with van der Waals surface area (Å²) in [5.74, 6) is 2.48. The number of hydrogen-bond donors (Lipinski definition) is 1. The fourth-order valence-corrected chi connectivity index (χ4v) is 1.62. The summed E-state index contributed by atoms with van der Waals surface area (Å²) in [4.78, 5) is 11.4. The van der Waals surface area contributed by atoms with Crippen molar-refractivity contribution in [3.63, 3.8) is 0 Å². The molecule has 0 aliphatic heterocycles. The number of rotatable bonds is 4. The molecule has 78 valence electrons. The quantitative estimate of drug-likeness (QED) is 0.656. The Morgan fingerprint density at radius 2 is 2.33 bits per heavy atom. The van der Waals surface area contributed by atoms with Crippen LogP contribution in [0.1, 0.15) is 12.0 Å². The molecule has 15 heavy (non-hydrogen) atoms. The van der Waals surface area contributed by atoms with Gasteiger partial charge in [0.1, 0.15) is 0 Å². The predicted molar refractivity (Wildman–Crippen MR) is 64.3 cm³/mol. The van der Waals surface area contributed by atoms with E-state index in [0.717, 1.165) is 10.0 Å². The number of terminal acetylenes is 1. The molecule has 1 amide bonds. The fraction of sp³-hybridized carbons (Fsp3) is 0.250. The van der Waals surface area contributed by atoms with Crippen LogP contribution in [0.25, 0.3) is 0 Å². The molecule has 0 heterocycles. The van der Waals surface area contributed by atoms with Gasteiger partial charge in [-0.25, -0.2) is 0 Å². The molecule has 1 rings (SSSR count). The van der Waals surface area contributed by atoms with Gasteiger partial charge in [0, 0.05) is 17.4 Å². The molecular formula is C12H12BrNO. The Labute approximate surface area is 98.2 Å². The predicted octanol–water partition coefficient (Wildman–Crippen LogP) is 2.13. The number of amides is 1. The molecule has 0 unspecified atom stereocenters. The van der Waals surface area contributed by atoms with Crippen LogP contribution in [-0.2, 0) is 11.2 Å². The average Bonchev–Trinajstić information content (AvgIpc) is 2.18. The lowest BCUT2D eigenvalue weighted by atomic mass is 10.1. The number of carbonyl (C=O) groups is 1. The van der Waals surface area contributed by atoms with Crippen molar-refractivity contribution in [2.75, 3.05) is 6.54 Å². The van der Waals surface area contributed by atoms with Gasteiger partial charge in [-0.2, -0.15) is 0 Å². The molecule has 0 saturated carbocycles. The summed E-state index contributed by atoms with van der Waals surface area (Å²) in [7, 11) is 0. The lowest BCUT2D eigenvalue weighted by Crippen LogP contribution is -2.25. The van der Waals surface area contributed by atoms with Crippen LogP contribution in [-0.4, -0.2) is 12.5 Å². The van der Waals surface area contributed by atoms with Crippen molar-refractivity contribution in [2.45, 2.75) is 12.8 Å². The molecular weight excluding hydrogens is 254 g/mol. The normalized spacial score (nSPS) is 9.33. The van der Waals surface area contributed by atoms with Crippen molar-refractivity contribution < 1.29 is 4.79 Å². The minimum atomic E-state index is 0.00310. The molecule has 0 spiro atoms. The Kier molecular flexibility index (Phi) is 4.92. The molecule has 0 radical (unpaired) electrons. The molecule has 0 saturated heterocycles. The Morgan fingerprint density at radius 1 is 1.53 bits per heavy atom. The third kappa shape index (κ3) is 4.66. The summed E-state index contributed by atoms with van der Waals surface area (Å²) < 4.78 is 0.983. The van der Waals surface area contributed by atoms with Crippen LogP contribution >= 0.6 is 15.9 Å². The van der Waals surface area contributed by atoms with Crippen molar-refractivity contribution in [1.82, 2.24) is 5.32 Å². The fourth-order valence-electron chi connectivity index (χ4n) is 1.17. The van der Waals surface area contributed by atoms with E-state index in [2.05, 4.69) is 27.2 Å². The number of halogens is 1. The zero-order valence-electron chi connectivity index (χ0n) is 8.29. The highest BCUT2D eigenvalue weighted by atomic mass is 79.9. The minimum Gasteiger partial charge on any atom is -0.355 e. The molecule has 0 aliphatic carbocycles. The van der Waals surface area contributed by atoms with E-state index >= 15 is 0 Å². The zero-order chi connectivity index (χ0) is 11.1. The zero-order valence-corrected chi connectivity index (χ0v) is 9.88. The van der Waals surface area contributed by atoms with Crippen LogP contribution in [0.4, 0.5) is 0 Å². The maximum atomic E-state index is 11.4. The van der Waals surface area contributed by atoms with Crippen LogP contribution in [0.3, 0.4) is 0 Å². The maximum absolute atomic E-state index is 11.4. The first-order valence-corrected chi connectivity index (χ1v) is 5.46. The summed E-state index contributed by atoms with van der Waals surface area (Å²) in [5.41, 5.74) is 0.989. The first-order chi connectivity index (χ1) is 7.22. The molecule has 3 heteroatoms. The lowest BCUT2D eigenvalue weighted by molar-refractivity contribution is -0.120. The molecule has 2 nitrogen and oxygen atoms in total. The van der Waals surface area contributed by atoms with Gasteiger partial charge in [0.15, 0.2) is 0 Å². The summed E-state index contributed by atoms with van der Waals surface area (Å²) in [5, 5.41) is 2.75. The Balaban J connectivity index is 2.42. The number of carbonyl (C=O) groups excluding carboxylic acids is 1. The highest BCUT2D eigenvalue weighted by Gasteiger charge is 2.02. The van der Waals surface area contributed by atoms with Crippen LogP contribution in [0.15, 0.2) is 28.7 Å². The smallest absolute Gasteiger partial charge is 0.224 e. The monoisotopic (exact) mass is 265 g/mol. The molecule has 1 N–H and O–H groups in total. The first-order valence-electron chi connectivity index (χ1n) is 4.67. The summed E-state index contributed by atoms with van der Waals surface area (Å²) in [6, 6.07) is 7.69. The van der Waals surface area contributed by atoms with E-state index in [1.807, 2.05) is 24.3 Å². The number of nitrogens with one attached hydrogen (secondary N) is 1. The number of hydrogen-bond acceptors (Lipinski definition) is 1. The van der Waals surface area contributed by atoms with Gasteiger partial charge in [-0.1, -0.05) is 28.1 Å². The molecule has 1 aromatic rings. The summed E-state index contributed by atoms with van der Waals surface area (Å²) in [6.07, 6.45) is 6.05. The van der Waals surface area contributed by atoms with Crippen molar-refractivity contribution in [3.05, 3.63) is 34.3 Å². The Hall–Kier alpha value is -1.27. The highest BCUT2D eigenvalue weighted by Crippen LogP contribution is 2.11. The second kappa shape index (κ2) is 6.26. The van der Waals surface area contributed by atoms with Gasteiger partial charge < -0.3 is 5.32 Å². The van der Waals surface area contributed by atoms with E-state index < -0.39 is 0 Å². The second-order valence-electron chi connectivity index (χ2n) is 3.11. The van der Waals surface area contributed by atoms with Gasteiger partial charge in [0.2, 0.25) is 5.91 Å². The molecule has 0 bridgehead atoms. The largest absolute Gasteiger partial charge is 0.355 e. The molecule has 0 aromatic heterocycles. The van der Waals surface area contributed by atoms with E-state index in [9.17, 15) is 4.79 Å². The molecule has 0 atom stereocenters. The van der Waals surface area contributed by atoms with Crippen molar-refractivity contribution in [3.8, 4) is 12.3 Å². The number of benzene rings is 1. The Morgan fingerprint density at radius 3 is 3.00 bits per heavy atom. The van der Waals surface area contributed by atoms with Crippen molar-refractivity contribution in [1.29, 1.82) is 0 Å². The van der Waals surface area contributed by atoms with Crippen LogP contribution in [0.2, 0.25) is 0 Å². The first kappa shape index (κ1) is 11.8. The topological polar surface area (TPSA) is 29.1 Å². The van der Waals surface area contributed by atoms with Crippen molar-refractivity contribution in [2.24, 2.45) is 0 Å². The SMILES string of the molecule is C#CCCNC(=O)Cc1cccc(Br)c1. The van der Waals surface area contributed by atoms with Gasteiger partial charge in [0.25, 0.3) is 0 Å². The second-order valence-corrected chi connectivity index (χ2v) is 4.03. The lowest BCUT2D eigenvalue weighted by Gasteiger charge is -2.03. The van der Waals surface area contributed by atoms with Gasteiger partial charge in [-0.05, 0) is 17.7 Å². The van der Waals surface area contributed by atoms with E-state index in [1.54, 1.807) is 0 Å². The minimum absolute atomic E-state index is 0.00310. The summed E-state index contributed by atoms with van der Waals surface area (Å²) >= 11 is 3.36. The van der Waals surface area contributed by atoms with Gasteiger partial charge in [0.05, 0.1) is 6.42 Å². The molecule has 0 aliphatic rings. The average molecular weight is 266 g/mol. The third-order valence-electron chi connectivity index (χ3n) is 1.85. The standard InChI is InChI=1S/C12H12BrNO/c1-2-3-7-14-12(15)9-10-5-4-6-11(13)8-10/h1,4-6,8H,3,7,9H2,(H,14,15). The highest BCUT2D eigenvalue weighted by molar-refractivity contribution is 9.10. The van der Waals surface area contributed by atoms with Gasteiger partial charge in [-0.3, -0.25) is 4.79 Å². The summed E-state index contributed by atoms with van der Waals surface area (Å²) in [6.45, 7) is 0.545. The maximum Gasteiger partial charge on any atom is 0.224 e. The molecule has 0 fully saturated rings.